The van der Waals surface area contributed by atoms with Crippen molar-refractivity contribution in [2.24, 2.45) is 5.92 Å². The summed E-state index contributed by atoms with van der Waals surface area (Å²) in [4.78, 5) is 24.8. The number of nitrogens with one attached hydrogen (secondary N) is 2. The lowest BCUT2D eigenvalue weighted by Crippen LogP contribution is -2.42. The molecule has 0 aliphatic carbocycles. The minimum Gasteiger partial charge on any atom is -0.489 e. The van der Waals surface area contributed by atoms with Crippen LogP contribution < -0.4 is 15.4 Å². The van der Waals surface area contributed by atoms with Gasteiger partial charge in [0, 0.05) is 13.0 Å². The third-order valence-electron chi connectivity index (χ3n) is 5.06. The zero-order chi connectivity index (χ0) is 24.1. The lowest BCUT2D eigenvalue weighted by molar-refractivity contribution is -0.130. The van der Waals surface area contributed by atoms with Gasteiger partial charge in [0.15, 0.2) is 0 Å². The molecule has 0 saturated carbocycles. The predicted molar refractivity (Wildman–Crippen MR) is 128 cm³/mol. The van der Waals surface area contributed by atoms with Crippen molar-refractivity contribution >= 4 is 11.8 Å². The largest absolute Gasteiger partial charge is 0.489 e. The molecule has 2 aromatic rings. The molecule has 33 heavy (non-hydrogen) atoms. The zero-order valence-electron chi connectivity index (χ0n) is 19.1. The van der Waals surface area contributed by atoms with Gasteiger partial charge in [-0.15, -0.1) is 6.58 Å². The van der Waals surface area contributed by atoms with Crippen molar-refractivity contribution < 1.29 is 24.5 Å². The molecule has 0 spiro atoms. The Balaban J connectivity index is 1.85. The summed E-state index contributed by atoms with van der Waals surface area (Å²) in [6.07, 6.45) is 1.68. The number of benzene rings is 2. The van der Waals surface area contributed by atoms with Gasteiger partial charge in [0.2, 0.25) is 11.8 Å². The van der Waals surface area contributed by atoms with Crippen molar-refractivity contribution in [1.82, 2.24) is 10.6 Å². The van der Waals surface area contributed by atoms with Crippen molar-refractivity contribution in [2.45, 2.75) is 44.9 Å². The molecule has 0 fully saturated rings. The van der Waals surface area contributed by atoms with E-state index in [4.69, 9.17) is 4.74 Å². The highest BCUT2D eigenvalue weighted by Gasteiger charge is 2.22. The van der Waals surface area contributed by atoms with Gasteiger partial charge in [0.1, 0.15) is 12.4 Å². The van der Waals surface area contributed by atoms with Crippen LogP contribution in [0.1, 0.15) is 30.9 Å². The molecule has 4 N–H and O–H groups in total. The second-order valence-corrected chi connectivity index (χ2v) is 8.09. The maximum absolute atomic E-state index is 12.5. The average Bonchev–Trinajstić information content (AvgIpc) is 2.82. The van der Waals surface area contributed by atoms with E-state index in [0.717, 1.165) is 16.9 Å². The van der Waals surface area contributed by atoms with Crippen LogP contribution >= 0.6 is 0 Å². The summed E-state index contributed by atoms with van der Waals surface area (Å²) < 4.78 is 5.79. The first-order valence-electron chi connectivity index (χ1n) is 11.1. The molecule has 3 atom stereocenters. The molecule has 0 unspecified atom stereocenters. The molecule has 0 aliphatic rings. The monoisotopic (exact) mass is 454 g/mol. The summed E-state index contributed by atoms with van der Waals surface area (Å²) in [7, 11) is 0. The molecule has 0 aliphatic heterocycles. The minimum atomic E-state index is -0.666. The van der Waals surface area contributed by atoms with Crippen molar-refractivity contribution in [3.63, 3.8) is 0 Å². The molecule has 7 heteroatoms. The van der Waals surface area contributed by atoms with Gasteiger partial charge < -0.3 is 25.6 Å². The predicted octanol–water partition coefficient (Wildman–Crippen LogP) is 2.36. The highest BCUT2D eigenvalue weighted by molar-refractivity contribution is 5.86. The van der Waals surface area contributed by atoms with E-state index in [1.54, 1.807) is 13.0 Å². The number of carbonyl (C=O) groups excluding carboxylic acids is 2. The van der Waals surface area contributed by atoms with Gasteiger partial charge in [-0.1, -0.05) is 48.5 Å². The molecule has 7 nitrogen and oxygen atoms in total. The molecule has 0 saturated heterocycles. The van der Waals surface area contributed by atoms with Crippen LogP contribution in [0, 0.1) is 5.92 Å². The highest BCUT2D eigenvalue weighted by Crippen LogP contribution is 2.16. The van der Waals surface area contributed by atoms with Crippen LogP contribution in [0.25, 0.3) is 0 Å². The fourth-order valence-corrected chi connectivity index (χ4v) is 3.30. The maximum atomic E-state index is 12.5. The van der Waals surface area contributed by atoms with Gasteiger partial charge in [-0.2, -0.15) is 0 Å². The molecule has 0 bridgehead atoms. The maximum Gasteiger partial charge on any atom is 0.224 e. The number of aliphatic hydroxyl groups excluding tert-OH is 2. The van der Waals surface area contributed by atoms with E-state index in [2.05, 4.69) is 17.2 Å². The van der Waals surface area contributed by atoms with E-state index in [1.807, 2.05) is 54.6 Å². The van der Waals surface area contributed by atoms with E-state index in [-0.39, 0.29) is 31.4 Å². The number of ether oxygens (including phenoxy) is 1. The fraction of sp³-hybridized carbons (Fsp3) is 0.385. The smallest absolute Gasteiger partial charge is 0.224 e. The lowest BCUT2D eigenvalue weighted by atomic mass is 9.99. The average molecular weight is 455 g/mol. The van der Waals surface area contributed by atoms with Gasteiger partial charge in [0.25, 0.3) is 0 Å². The van der Waals surface area contributed by atoms with E-state index in [1.165, 1.54) is 0 Å². The second-order valence-electron chi connectivity index (χ2n) is 8.09. The van der Waals surface area contributed by atoms with Crippen molar-refractivity contribution in [3.8, 4) is 5.75 Å². The lowest BCUT2D eigenvalue weighted by Gasteiger charge is -2.20. The zero-order valence-corrected chi connectivity index (χ0v) is 19.1. The number of allylic oxidation sites excluding steroid dienone is 1. The molecular weight excluding hydrogens is 420 g/mol. The first-order chi connectivity index (χ1) is 15.9. The molecule has 2 aromatic carbocycles. The van der Waals surface area contributed by atoms with Crippen LogP contribution in [0.15, 0.2) is 67.3 Å². The number of hydrogen-bond donors (Lipinski definition) is 4. The summed E-state index contributed by atoms with van der Waals surface area (Å²) in [5, 5.41) is 24.5. The third kappa shape index (κ3) is 9.89. The van der Waals surface area contributed by atoms with Gasteiger partial charge in [0.05, 0.1) is 24.7 Å². The van der Waals surface area contributed by atoms with E-state index in [0.29, 0.717) is 19.4 Å². The summed E-state index contributed by atoms with van der Waals surface area (Å²) in [6.45, 7) is 5.60. The Bertz CT molecular complexity index is 868. The van der Waals surface area contributed by atoms with Crippen LogP contribution in [0.3, 0.4) is 0 Å². The van der Waals surface area contributed by atoms with Crippen molar-refractivity contribution in [2.75, 3.05) is 13.2 Å². The Kier molecular flexibility index (Phi) is 11.1. The van der Waals surface area contributed by atoms with Crippen LogP contribution in [0.4, 0.5) is 0 Å². The fourth-order valence-electron chi connectivity index (χ4n) is 3.30. The van der Waals surface area contributed by atoms with Crippen LogP contribution in [-0.4, -0.2) is 47.3 Å². The normalized spacial score (nSPS) is 13.4. The second kappa shape index (κ2) is 14.1. The molecule has 0 radical (unpaired) electrons. The van der Waals surface area contributed by atoms with Crippen LogP contribution in [0.5, 0.6) is 5.75 Å². The molecule has 178 valence electrons. The number of carbonyl (C=O) groups is 2. The Hall–Kier alpha value is -3.16. The van der Waals surface area contributed by atoms with E-state index < -0.39 is 18.1 Å². The SMILES string of the molecule is C=CC[C@@H](CC(=O)N[C@H](CO)Cc1ccc(OCc2ccccc2)cc1)C(=O)NC[C@H](C)O. The Morgan fingerprint density at radius 2 is 1.79 bits per heavy atom. The van der Waals surface area contributed by atoms with E-state index >= 15 is 0 Å². The van der Waals surface area contributed by atoms with Gasteiger partial charge in [-0.3, -0.25) is 9.59 Å². The van der Waals surface area contributed by atoms with Crippen molar-refractivity contribution in [3.05, 3.63) is 78.4 Å². The van der Waals surface area contributed by atoms with Crippen LogP contribution in [0.2, 0.25) is 0 Å². The molecule has 2 amide bonds. The topological polar surface area (TPSA) is 108 Å². The number of amides is 2. The summed E-state index contributed by atoms with van der Waals surface area (Å²) >= 11 is 0. The van der Waals surface area contributed by atoms with Gasteiger partial charge >= 0.3 is 0 Å². The van der Waals surface area contributed by atoms with Crippen LogP contribution in [-0.2, 0) is 22.6 Å². The first-order valence-corrected chi connectivity index (χ1v) is 11.1. The quantitative estimate of drug-likeness (QED) is 0.328. The molecule has 0 heterocycles. The number of rotatable bonds is 14. The Morgan fingerprint density at radius 3 is 2.39 bits per heavy atom. The van der Waals surface area contributed by atoms with Crippen molar-refractivity contribution in [1.29, 1.82) is 0 Å². The summed E-state index contributed by atoms with van der Waals surface area (Å²) in [6, 6.07) is 16.9. The minimum absolute atomic E-state index is 0.0274. The number of hydrogen-bond acceptors (Lipinski definition) is 5. The Morgan fingerprint density at radius 1 is 1.09 bits per heavy atom. The van der Waals surface area contributed by atoms with Gasteiger partial charge in [-0.25, -0.2) is 0 Å². The first kappa shape index (κ1) is 26.1. The Labute approximate surface area is 195 Å². The standard InChI is InChI=1S/C26H34N2O5/c1-3-7-22(26(32)27-16-19(2)30)15-25(31)28-23(17-29)14-20-10-12-24(13-11-20)33-18-21-8-5-4-6-9-21/h3-6,8-13,19,22-23,29-30H,1,7,14-18H2,2H3,(H,27,32)(H,28,31)/t19-,22-,23-/m0/s1. The summed E-state index contributed by atoms with van der Waals surface area (Å²) in [5.74, 6) is -0.474. The number of aliphatic hydroxyl groups is 2. The molecular formula is C26H34N2O5. The molecule has 2 rings (SSSR count). The third-order valence-corrected chi connectivity index (χ3v) is 5.06. The summed E-state index contributed by atoms with van der Waals surface area (Å²) in [5.41, 5.74) is 2.03. The highest BCUT2D eigenvalue weighted by atomic mass is 16.5. The van der Waals surface area contributed by atoms with Gasteiger partial charge in [-0.05, 0) is 43.0 Å². The molecule has 0 aromatic heterocycles. The van der Waals surface area contributed by atoms with E-state index in [9.17, 15) is 19.8 Å².